The summed E-state index contributed by atoms with van der Waals surface area (Å²) in [6, 6.07) is 17.2. The zero-order valence-electron chi connectivity index (χ0n) is 14.6. The molecule has 2 N–H and O–H groups in total. The Balaban J connectivity index is 2.00. The molecule has 7 nitrogen and oxygen atoms in total. The van der Waals surface area contributed by atoms with E-state index in [1.165, 1.54) is 19.1 Å². The third kappa shape index (κ3) is 6.48. The average Bonchev–Trinajstić information content (AvgIpc) is 2.66. The zero-order chi connectivity index (χ0) is 19.6. The summed E-state index contributed by atoms with van der Waals surface area (Å²) in [7, 11) is 0. The minimum absolute atomic E-state index is 0.0759. The first kappa shape index (κ1) is 19.4. The number of nitrogens with one attached hydrogen (secondary N) is 2. The molecule has 0 saturated heterocycles. The van der Waals surface area contributed by atoms with Gasteiger partial charge in [-0.1, -0.05) is 36.4 Å². The quantitative estimate of drug-likeness (QED) is 0.604. The zero-order valence-corrected chi connectivity index (χ0v) is 14.6. The number of carbonyl (C=O) groups excluding carboxylic acids is 3. The third-order valence-corrected chi connectivity index (χ3v) is 3.25. The first-order chi connectivity index (χ1) is 13.0. The first-order valence-corrected chi connectivity index (χ1v) is 7.99. The SMILES string of the molecule is CC(=O)N/C(=C\c1ccccc1)C(=O)OCC(=O)Nc1cccc(C#N)c1. The van der Waals surface area contributed by atoms with Crippen LogP contribution in [0.5, 0.6) is 0 Å². The molecule has 0 aliphatic carbocycles. The summed E-state index contributed by atoms with van der Waals surface area (Å²) in [5.74, 6) is -1.85. The van der Waals surface area contributed by atoms with E-state index in [2.05, 4.69) is 10.6 Å². The Hall–Kier alpha value is -3.92. The summed E-state index contributed by atoms with van der Waals surface area (Å²) >= 11 is 0. The number of nitrogens with zero attached hydrogens (tertiary/aromatic N) is 1. The molecule has 0 saturated carbocycles. The van der Waals surface area contributed by atoms with Gasteiger partial charge in [0.25, 0.3) is 5.91 Å². The van der Waals surface area contributed by atoms with E-state index in [1.54, 1.807) is 42.5 Å². The van der Waals surface area contributed by atoms with E-state index in [0.29, 0.717) is 16.8 Å². The summed E-state index contributed by atoms with van der Waals surface area (Å²) < 4.78 is 4.97. The van der Waals surface area contributed by atoms with E-state index in [4.69, 9.17) is 10.00 Å². The topological polar surface area (TPSA) is 108 Å². The van der Waals surface area contributed by atoms with Crippen LogP contribution in [-0.2, 0) is 19.1 Å². The van der Waals surface area contributed by atoms with E-state index in [9.17, 15) is 14.4 Å². The summed E-state index contributed by atoms with van der Waals surface area (Å²) in [5, 5.41) is 13.8. The van der Waals surface area contributed by atoms with Crippen molar-refractivity contribution in [3.8, 4) is 6.07 Å². The lowest BCUT2D eigenvalue weighted by molar-refractivity contribution is -0.144. The average molecular weight is 363 g/mol. The van der Waals surface area contributed by atoms with Crippen molar-refractivity contribution in [1.29, 1.82) is 5.26 Å². The Morgan fingerprint density at radius 3 is 2.52 bits per heavy atom. The lowest BCUT2D eigenvalue weighted by atomic mass is 10.2. The number of hydrogen-bond acceptors (Lipinski definition) is 5. The fourth-order valence-corrected chi connectivity index (χ4v) is 2.12. The van der Waals surface area contributed by atoms with Crippen LogP contribution < -0.4 is 10.6 Å². The fourth-order valence-electron chi connectivity index (χ4n) is 2.12. The Morgan fingerprint density at radius 2 is 1.85 bits per heavy atom. The van der Waals surface area contributed by atoms with Crippen LogP contribution in [0, 0.1) is 11.3 Å². The molecule has 2 aromatic rings. The maximum Gasteiger partial charge on any atom is 0.355 e. The second kappa shape index (κ2) is 9.53. The molecule has 0 bridgehead atoms. The predicted octanol–water partition coefficient (Wildman–Crippen LogP) is 2.22. The van der Waals surface area contributed by atoms with Crippen LogP contribution in [0.4, 0.5) is 5.69 Å². The van der Waals surface area contributed by atoms with Gasteiger partial charge in [-0.2, -0.15) is 5.26 Å². The molecule has 2 aromatic carbocycles. The second-order valence-corrected chi connectivity index (χ2v) is 5.47. The summed E-state index contributed by atoms with van der Waals surface area (Å²) in [5.41, 5.74) is 1.42. The highest BCUT2D eigenvalue weighted by molar-refractivity contribution is 5.99. The summed E-state index contributed by atoms with van der Waals surface area (Å²) in [6.45, 7) is 0.725. The molecule has 0 atom stereocenters. The number of benzene rings is 2. The van der Waals surface area contributed by atoms with E-state index in [-0.39, 0.29) is 5.70 Å². The van der Waals surface area contributed by atoms with Crippen molar-refractivity contribution in [2.45, 2.75) is 6.92 Å². The van der Waals surface area contributed by atoms with Crippen molar-refractivity contribution in [2.75, 3.05) is 11.9 Å². The van der Waals surface area contributed by atoms with Gasteiger partial charge in [0.1, 0.15) is 5.70 Å². The van der Waals surface area contributed by atoms with E-state index in [0.717, 1.165) is 0 Å². The molecule has 7 heteroatoms. The number of amides is 2. The molecule has 0 unspecified atom stereocenters. The first-order valence-electron chi connectivity index (χ1n) is 7.99. The standard InChI is InChI=1S/C20H17N3O4/c1-14(24)22-18(11-15-6-3-2-4-7-15)20(26)27-13-19(25)23-17-9-5-8-16(10-17)12-21/h2-11H,13H2,1H3,(H,22,24)(H,23,25)/b18-11-. The van der Waals surface area contributed by atoms with Gasteiger partial charge in [0.05, 0.1) is 11.6 Å². The van der Waals surface area contributed by atoms with Gasteiger partial charge in [0.15, 0.2) is 6.61 Å². The van der Waals surface area contributed by atoms with Crippen molar-refractivity contribution in [1.82, 2.24) is 5.32 Å². The molecule has 0 radical (unpaired) electrons. The highest BCUT2D eigenvalue weighted by Gasteiger charge is 2.15. The number of hydrogen-bond donors (Lipinski definition) is 2. The molecule has 0 spiro atoms. The van der Waals surface area contributed by atoms with Crippen LogP contribution in [0.25, 0.3) is 6.08 Å². The van der Waals surface area contributed by atoms with Crippen LogP contribution >= 0.6 is 0 Å². The number of rotatable bonds is 6. The maximum absolute atomic E-state index is 12.2. The van der Waals surface area contributed by atoms with Crippen LogP contribution in [0.3, 0.4) is 0 Å². The Labute approximate surface area is 156 Å². The fraction of sp³-hybridized carbons (Fsp3) is 0.100. The van der Waals surface area contributed by atoms with E-state index >= 15 is 0 Å². The predicted molar refractivity (Wildman–Crippen MR) is 99.0 cm³/mol. The van der Waals surface area contributed by atoms with Gasteiger partial charge in [-0.05, 0) is 29.8 Å². The molecular weight excluding hydrogens is 346 g/mol. The highest BCUT2D eigenvalue weighted by atomic mass is 16.5. The number of carbonyl (C=O) groups is 3. The number of anilines is 1. The van der Waals surface area contributed by atoms with Crippen molar-refractivity contribution in [3.63, 3.8) is 0 Å². The van der Waals surface area contributed by atoms with Crippen molar-refractivity contribution in [3.05, 3.63) is 71.4 Å². The molecule has 136 valence electrons. The van der Waals surface area contributed by atoms with Crippen LogP contribution in [0.1, 0.15) is 18.1 Å². The molecule has 0 aromatic heterocycles. The Kier molecular flexibility index (Phi) is 6.85. The van der Waals surface area contributed by atoms with Crippen LogP contribution in [0.15, 0.2) is 60.3 Å². The van der Waals surface area contributed by atoms with Crippen molar-refractivity contribution < 1.29 is 19.1 Å². The minimum atomic E-state index is -0.838. The maximum atomic E-state index is 12.2. The molecule has 0 aliphatic rings. The number of nitriles is 1. The van der Waals surface area contributed by atoms with Gasteiger partial charge in [-0.3, -0.25) is 9.59 Å². The number of esters is 1. The smallest absolute Gasteiger partial charge is 0.355 e. The van der Waals surface area contributed by atoms with Crippen molar-refractivity contribution in [2.24, 2.45) is 0 Å². The van der Waals surface area contributed by atoms with Gasteiger partial charge < -0.3 is 15.4 Å². The molecule has 0 heterocycles. The lowest BCUT2D eigenvalue weighted by Crippen LogP contribution is -2.28. The molecular formula is C20H17N3O4. The van der Waals surface area contributed by atoms with Gasteiger partial charge in [-0.25, -0.2) is 4.79 Å². The van der Waals surface area contributed by atoms with Crippen molar-refractivity contribution >= 4 is 29.5 Å². The van der Waals surface area contributed by atoms with Gasteiger partial charge >= 0.3 is 5.97 Å². The van der Waals surface area contributed by atoms with Crippen LogP contribution in [-0.4, -0.2) is 24.4 Å². The minimum Gasteiger partial charge on any atom is -0.451 e. The van der Waals surface area contributed by atoms with E-state index < -0.39 is 24.4 Å². The normalized spacial score (nSPS) is 10.4. The Bertz CT molecular complexity index is 914. The molecule has 0 aliphatic heterocycles. The van der Waals surface area contributed by atoms with Crippen LogP contribution in [0.2, 0.25) is 0 Å². The largest absolute Gasteiger partial charge is 0.451 e. The molecule has 27 heavy (non-hydrogen) atoms. The molecule has 2 amide bonds. The summed E-state index contributed by atoms with van der Waals surface area (Å²) in [6.07, 6.45) is 1.46. The molecule has 0 fully saturated rings. The second-order valence-electron chi connectivity index (χ2n) is 5.47. The third-order valence-electron chi connectivity index (χ3n) is 3.25. The van der Waals surface area contributed by atoms with Gasteiger partial charge in [-0.15, -0.1) is 0 Å². The van der Waals surface area contributed by atoms with Gasteiger partial charge in [0, 0.05) is 12.6 Å². The Morgan fingerprint density at radius 1 is 1.11 bits per heavy atom. The highest BCUT2D eigenvalue weighted by Crippen LogP contribution is 2.10. The summed E-state index contributed by atoms with van der Waals surface area (Å²) in [4.78, 5) is 35.5. The van der Waals surface area contributed by atoms with E-state index in [1.807, 2.05) is 12.1 Å². The number of ether oxygens (including phenoxy) is 1. The monoisotopic (exact) mass is 363 g/mol. The molecule has 2 rings (SSSR count). The lowest BCUT2D eigenvalue weighted by Gasteiger charge is -2.10. The van der Waals surface area contributed by atoms with Gasteiger partial charge in [0.2, 0.25) is 5.91 Å².